The first-order valence-electron chi connectivity index (χ1n) is 5.77. The molecule has 0 aromatic carbocycles. The third-order valence-electron chi connectivity index (χ3n) is 3.01. The molecule has 0 saturated heterocycles. The number of nitrogens with zero attached hydrogens (tertiary/aromatic N) is 2. The number of nitrogens with two attached hydrogens (primary N) is 1. The van der Waals surface area contributed by atoms with E-state index in [1.54, 1.807) is 13.3 Å². The highest BCUT2D eigenvalue weighted by Crippen LogP contribution is 2.24. The molecule has 1 saturated carbocycles. The molecule has 1 aromatic rings. The highest BCUT2D eigenvalue weighted by atomic mass is 79.9. The Morgan fingerprint density at radius 2 is 2.12 bits per heavy atom. The molecule has 2 rings (SSSR count). The van der Waals surface area contributed by atoms with Crippen molar-refractivity contribution in [1.29, 1.82) is 0 Å². The van der Waals surface area contributed by atoms with Crippen LogP contribution in [0.25, 0.3) is 0 Å². The van der Waals surface area contributed by atoms with Gasteiger partial charge in [-0.05, 0) is 41.6 Å². The van der Waals surface area contributed by atoms with Gasteiger partial charge in [0.1, 0.15) is 0 Å². The molecule has 1 aromatic heterocycles. The first-order valence-corrected chi connectivity index (χ1v) is 6.57. The van der Waals surface area contributed by atoms with E-state index in [0.29, 0.717) is 23.9 Å². The fourth-order valence-corrected chi connectivity index (χ4v) is 2.36. The number of anilines is 1. The Bertz CT molecular complexity index is 380. The van der Waals surface area contributed by atoms with Gasteiger partial charge in [-0.3, -0.25) is 0 Å². The van der Waals surface area contributed by atoms with E-state index in [-0.39, 0.29) is 0 Å². The average molecular weight is 301 g/mol. The maximum absolute atomic E-state index is 5.87. The normalized spacial score (nSPS) is 24.4. The summed E-state index contributed by atoms with van der Waals surface area (Å²) in [4.78, 5) is 8.50. The van der Waals surface area contributed by atoms with Gasteiger partial charge in [0.05, 0.1) is 17.8 Å². The van der Waals surface area contributed by atoms with Crippen LogP contribution in [-0.2, 0) is 0 Å². The highest BCUT2D eigenvalue weighted by Gasteiger charge is 2.19. The maximum atomic E-state index is 5.87. The molecule has 0 aliphatic heterocycles. The Balaban J connectivity index is 1.99. The van der Waals surface area contributed by atoms with Gasteiger partial charge in [-0.2, -0.15) is 4.98 Å². The minimum absolute atomic E-state index is 0.355. The van der Waals surface area contributed by atoms with E-state index in [4.69, 9.17) is 10.5 Å². The van der Waals surface area contributed by atoms with Gasteiger partial charge >= 0.3 is 0 Å². The summed E-state index contributed by atoms with van der Waals surface area (Å²) in [5.74, 6) is 1.17. The van der Waals surface area contributed by atoms with Gasteiger partial charge in [0.25, 0.3) is 0 Å². The molecule has 0 unspecified atom stereocenters. The number of nitrogens with one attached hydrogen (secondary N) is 1. The molecular formula is C11H17BrN4O. The van der Waals surface area contributed by atoms with Crippen molar-refractivity contribution >= 4 is 21.9 Å². The quantitative estimate of drug-likeness (QED) is 0.892. The van der Waals surface area contributed by atoms with Crippen LogP contribution in [0.15, 0.2) is 10.7 Å². The summed E-state index contributed by atoms with van der Waals surface area (Å²) in [6, 6.07) is 0.772. The van der Waals surface area contributed by atoms with E-state index in [2.05, 4.69) is 31.2 Å². The summed E-state index contributed by atoms with van der Waals surface area (Å²) in [6.45, 7) is 0. The van der Waals surface area contributed by atoms with Crippen LogP contribution in [0.2, 0.25) is 0 Å². The molecule has 3 N–H and O–H groups in total. The molecule has 94 valence electrons. The Kier molecular flexibility index (Phi) is 4.17. The van der Waals surface area contributed by atoms with Gasteiger partial charge in [-0.25, -0.2) is 4.98 Å². The van der Waals surface area contributed by atoms with Gasteiger partial charge in [-0.1, -0.05) is 0 Å². The molecule has 0 spiro atoms. The number of ether oxygens (including phenoxy) is 1. The molecule has 1 aliphatic carbocycles. The standard InChI is InChI=1S/C11H17BrN4O/c1-17-10-9(12)6-14-11(16-10)15-8-4-2-7(13)3-5-8/h6-8H,2-5,13H2,1H3,(H,14,15,16). The summed E-state index contributed by atoms with van der Waals surface area (Å²) in [6.07, 6.45) is 5.96. The largest absolute Gasteiger partial charge is 0.480 e. The number of aromatic nitrogens is 2. The van der Waals surface area contributed by atoms with Gasteiger partial charge < -0.3 is 15.8 Å². The second kappa shape index (κ2) is 5.64. The molecule has 0 bridgehead atoms. The lowest BCUT2D eigenvalue weighted by atomic mass is 9.92. The molecule has 5 nitrogen and oxygen atoms in total. The van der Waals surface area contributed by atoms with E-state index in [9.17, 15) is 0 Å². The molecule has 17 heavy (non-hydrogen) atoms. The van der Waals surface area contributed by atoms with Crippen molar-refractivity contribution < 1.29 is 4.74 Å². The maximum Gasteiger partial charge on any atom is 0.232 e. The zero-order valence-electron chi connectivity index (χ0n) is 9.82. The second-order valence-electron chi connectivity index (χ2n) is 4.31. The first kappa shape index (κ1) is 12.6. The molecule has 0 amide bonds. The lowest BCUT2D eigenvalue weighted by molar-refractivity contribution is 0.391. The topological polar surface area (TPSA) is 73.1 Å². The van der Waals surface area contributed by atoms with Crippen molar-refractivity contribution in [3.63, 3.8) is 0 Å². The fraction of sp³-hybridized carbons (Fsp3) is 0.636. The Morgan fingerprint density at radius 1 is 1.41 bits per heavy atom. The van der Waals surface area contributed by atoms with Gasteiger partial charge in [0.15, 0.2) is 0 Å². The van der Waals surface area contributed by atoms with Gasteiger partial charge in [0.2, 0.25) is 11.8 Å². The van der Waals surface area contributed by atoms with Crippen LogP contribution >= 0.6 is 15.9 Å². The van der Waals surface area contributed by atoms with Crippen molar-refractivity contribution in [2.75, 3.05) is 12.4 Å². The number of hydrogen-bond acceptors (Lipinski definition) is 5. The van der Waals surface area contributed by atoms with Crippen LogP contribution < -0.4 is 15.8 Å². The second-order valence-corrected chi connectivity index (χ2v) is 5.16. The van der Waals surface area contributed by atoms with Crippen molar-refractivity contribution in [2.45, 2.75) is 37.8 Å². The summed E-state index contributed by atoms with van der Waals surface area (Å²) in [5.41, 5.74) is 5.87. The third-order valence-corrected chi connectivity index (χ3v) is 3.55. The van der Waals surface area contributed by atoms with E-state index in [0.717, 1.165) is 30.2 Å². The average Bonchev–Trinajstić information content (AvgIpc) is 2.34. The number of hydrogen-bond donors (Lipinski definition) is 2. The van der Waals surface area contributed by atoms with Crippen LogP contribution in [0.3, 0.4) is 0 Å². The summed E-state index contributed by atoms with van der Waals surface area (Å²) >= 11 is 3.33. The van der Waals surface area contributed by atoms with E-state index in [1.165, 1.54) is 0 Å². The van der Waals surface area contributed by atoms with E-state index < -0.39 is 0 Å². The molecule has 1 aliphatic rings. The zero-order valence-corrected chi connectivity index (χ0v) is 11.4. The summed E-state index contributed by atoms with van der Waals surface area (Å²) in [5, 5.41) is 3.32. The van der Waals surface area contributed by atoms with Crippen LogP contribution in [-0.4, -0.2) is 29.2 Å². The van der Waals surface area contributed by atoms with E-state index >= 15 is 0 Å². The lowest BCUT2D eigenvalue weighted by Gasteiger charge is -2.26. The van der Waals surface area contributed by atoms with Crippen molar-refractivity contribution in [3.8, 4) is 5.88 Å². The van der Waals surface area contributed by atoms with Crippen molar-refractivity contribution in [3.05, 3.63) is 10.7 Å². The monoisotopic (exact) mass is 300 g/mol. The number of methoxy groups -OCH3 is 1. The van der Waals surface area contributed by atoms with Crippen LogP contribution in [0, 0.1) is 0 Å². The molecular weight excluding hydrogens is 284 g/mol. The first-order chi connectivity index (χ1) is 8.19. The lowest BCUT2D eigenvalue weighted by Crippen LogP contribution is -2.33. The smallest absolute Gasteiger partial charge is 0.232 e. The van der Waals surface area contributed by atoms with Gasteiger partial charge in [0, 0.05) is 12.1 Å². The minimum Gasteiger partial charge on any atom is -0.480 e. The Hall–Kier alpha value is -0.880. The Labute approximate surface area is 109 Å². The predicted molar refractivity (Wildman–Crippen MR) is 70.1 cm³/mol. The molecule has 0 atom stereocenters. The fourth-order valence-electron chi connectivity index (χ4n) is 2.01. The molecule has 1 heterocycles. The minimum atomic E-state index is 0.355. The van der Waals surface area contributed by atoms with Crippen LogP contribution in [0.5, 0.6) is 5.88 Å². The van der Waals surface area contributed by atoms with E-state index in [1.807, 2.05) is 0 Å². The highest BCUT2D eigenvalue weighted by molar-refractivity contribution is 9.10. The summed E-state index contributed by atoms with van der Waals surface area (Å²) in [7, 11) is 1.59. The van der Waals surface area contributed by atoms with Gasteiger partial charge in [-0.15, -0.1) is 0 Å². The van der Waals surface area contributed by atoms with Crippen LogP contribution in [0.4, 0.5) is 5.95 Å². The summed E-state index contributed by atoms with van der Waals surface area (Å²) < 4.78 is 5.89. The number of rotatable bonds is 3. The molecule has 6 heteroatoms. The van der Waals surface area contributed by atoms with Crippen LogP contribution in [0.1, 0.15) is 25.7 Å². The predicted octanol–water partition coefficient (Wildman–Crippen LogP) is 1.93. The van der Waals surface area contributed by atoms with Crippen molar-refractivity contribution in [2.24, 2.45) is 5.73 Å². The SMILES string of the molecule is COc1nc(NC2CCC(N)CC2)ncc1Br. The molecule has 1 fully saturated rings. The molecule has 0 radical (unpaired) electrons. The van der Waals surface area contributed by atoms with Crippen molar-refractivity contribution in [1.82, 2.24) is 9.97 Å². The third kappa shape index (κ3) is 3.29. The number of halogens is 1. The zero-order chi connectivity index (χ0) is 12.3. The Morgan fingerprint density at radius 3 is 2.76 bits per heavy atom.